The van der Waals surface area contributed by atoms with Gasteiger partial charge in [0.05, 0.1) is 11.9 Å². The standard InChI is InChI=1S/C27H36ClN3O4S/c1-5-25(27(33)29-22-11-7-8-12-22)30(17-21-10-6-9-13-24(21)28)26(32)18-31(36(4,34)35)23-15-19(2)14-20(3)16-23/h6,9-10,13-16,22,25H,5,7-8,11-12,17-18H2,1-4H3,(H,29,33). The number of aryl methyl sites for hydroxylation is 2. The number of carbonyl (C=O) groups excluding carboxylic acids is 2. The van der Waals surface area contributed by atoms with Crippen LogP contribution in [0.25, 0.3) is 0 Å². The quantitative estimate of drug-likeness (QED) is 0.484. The van der Waals surface area contributed by atoms with E-state index in [1.807, 2.05) is 39.0 Å². The second-order valence-corrected chi connectivity index (χ2v) is 12.0. The molecule has 196 valence electrons. The Bertz CT molecular complexity index is 1180. The first-order chi connectivity index (χ1) is 17.0. The number of hydrogen-bond donors (Lipinski definition) is 1. The molecule has 0 spiro atoms. The van der Waals surface area contributed by atoms with Gasteiger partial charge in [0.2, 0.25) is 21.8 Å². The second kappa shape index (κ2) is 12.1. The van der Waals surface area contributed by atoms with Gasteiger partial charge in [0.1, 0.15) is 12.6 Å². The molecule has 0 saturated heterocycles. The zero-order chi connectivity index (χ0) is 26.5. The van der Waals surface area contributed by atoms with Crippen LogP contribution < -0.4 is 9.62 Å². The van der Waals surface area contributed by atoms with E-state index >= 15 is 0 Å². The molecule has 1 atom stereocenters. The highest BCUT2D eigenvalue weighted by atomic mass is 35.5. The molecule has 1 aliphatic carbocycles. The summed E-state index contributed by atoms with van der Waals surface area (Å²) in [4.78, 5) is 28.6. The third-order valence-electron chi connectivity index (χ3n) is 6.56. The van der Waals surface area contributed by atoms with E-state index in [9.17, 15) is 18.0 Å². The molecule has 9 heteroatoms. The van der Waals surface area contributed by atoms with E-state index < -0.39 is 28.5 Å². The third-order valence-corrected chi connectivity index (χ3v) is 8.07. The molecule has 1 N–H and O–H groups in total. The molecule has 2 aromatic carbocycles. The average Bonchev–Trinajstić information content (AvgIpc) is 3.30. The van der Waals surface area contributed by atoms with Crippen molar-refractivity contribution in [3.8, 4) is 0 Å². The SMILES string of the molecule is CCC(C(=O)NC1CCCC1)N(Cc1ccccc1Cl)C(=O)CN(c1cc(C)cc(C)c1)S(C)(=O)=O. The predicted molar refractivity (Wildman–Crippen MR) is 145 cm³/mol. The molecule has 0 aromatic heterocycles. The van der Waals surface area contributed by atoms with Gasteiger partial charge in [-0.1, -0.05) is 55.6 Å². The Labute approximate surface area is 219 Å². The highest BCUT2D eigenvalue weighted by molar-refractivity contribution is 7.92. The number of nitrogens with one attached hydrogen (secondary N) is 1. The molecule has 3 rings (SSSR count). The topological polar surface area (TPSA) is 86.8 Å². The van der Waals surface area contributed by atoms with Crippen molar-refractivity contribution in [1.82, 2.24) is 10.2 Å². The lowest BCUT2D eigenvalue weighted by Crippen LogP contribution is -2.53. The normalized spacial score (nSPS) is 14.9. The lowest BCUT2D eigenvalue weighted by molar-refractivity contribution is -0.140. The number of anilines is 1. The van der Waals surface area contributed by atoms with Gasteiger partial charge < -0.3 is 10.2 Å². The van der Waals surface area contributed by atoms with E-state index in [1.165, 1.54) is 4.90 Å². The Balaban J connectivity index is 1.95. The Morgan fingerprint density at radius 1 is 1.08 bits per heavy atom. The fraction of sp³-hybridized carbons (Fsp3) is 0.481. The van der Waals surface area contributed by atoms with Crippen molar-refractivity contribution < 1.29 is 18.0 Å². The van der Waals surface area contributed by atoms with E-state index in [0.717, 1.165) is 47.4 Å². The van der Waals surface area contributed by atoms with Crippen LogP contribution in [0.15, 0.2) is 42.5 Å². The van der Waals surface area contributed by atoms with Gasteiger partial charge in [0, 0.05) is 17.6 Å². The fourth-order valence-corrected chi connectivity index (χ4v) is 5.83. The summed E-state index contributed by atoms with van der Waals surface area (Å²) in [7, 11) is -3.77. The summed E-state index contributed by atoms with van der Waals surface area (Å²) < 4.78 is 26.7. The summed E-state index contributed by atoms with van der Waals surface area (Å²) in [6, 6.07) is 11.9. The maximum absolute atomic E-state index is 13.8. The van der Waals surface area contributed by atoms with Crippen LogP contribution >= 0.6 is 11.6 Å². The molecule has 1 unspecified atom stereocenters. The van der Waals surface area contributed by atoms with E-state index in [0.29, 0.717) is 22.7 Å². The van der Waals surface area contributed by atoms with Crippen LogP contribution in [0.3, 0.4) is 0 Å². The first-order valence-electron chi connectivity index (χ1n) is 12.4. The van der Waals surface area contributed by atoms with Crippen molar-refractivity contribution in [2.45, 2.75) is 71.5 Å². The van der Waals surface area contributed by atoms with Crippen LogP contribution in [-0.2, 0) is 26.2 Å². The maximum Gasteiger partial charge on any atom is 0.244 e. The summed E-state index contributed by atoms with van der Waals surface area (Å²) in [5.41, 5.74) is 2.89. The Kier molecular flexibility index (Phi) is 9.41. The summed E-state index contributed by atoms with van der Waals surface area (Å²) in [6.45, 7) is 5.29. The molecular formula is C27H36ClN3O4S. The second-order valence-electron chi connectivity index (χ2n) is 9.64. The Hall–Kier alpha value is -2.58. The molecular weight excluding hydrogens is 498 g/mol. The first-order valence-corrected chi connectivity index (χ1v) is 14.6. The number of rotatable bonds is 10. The minimum atomic E-state index is -3.77. The monoisotopic (exact) mass is 533 g/mol. The van der Waals surface area contributed by atoms with E-state index in [4.69, 9.17) is 11.6 Å². The number of halogens is 1. The van der Waals surface area contributed by atoms with Crippen LogP contribution in [-0.4, -0.2) is 50.0 Å². The van der Waals surface area contributed by atoms with Gasteiger partial charge in [-0.15, -0.1) is 0 Å². The van der Waals surface area contributed by atoms with Crippen LogP contribution in [0.2, 0.25) is 5.02 Å². The smallest absolute Gasteiger partial charge is 0.244 e. The minimum absolute atomic E-state index is 0.0968. The van der Waals surface area contributed by atoms with Gasteiger partial charge in [-0.05, 0) is 68.0 Å². The average molecular weight is 534 g/mol. The van der Waals surface area contributed by atoms with Crippen molar-refractivity contribution in [2.75, 3.05) is 17.1 Å². The summed E-state index contributed by atoms with van der Waals surface area (Å²) in [5.74, 6) is -0.685. The summed E-state index contributed by atoms with van der Waals surface area (Å²) in [6.07, 6.45) is 5.47. The van der Waals surface area contributed by atoms with Gasteiger partial charge in [-0.3, -0.25) is 13.9 Å². The maximum atomic E-state index is 13.8. The van der Waals surface area contributed by atoms with Crippen LogP contribution in [0, 0.1) is 13.8 Å². The molecule has 36 heavy (non-hydrogen) atoms. The zero-order valence-electron chi connectivity index (χ0n) is 21.5. The molecule has 0 aliphatic heterocycles. The van der Waals surface area contributed by atoms with Crippen molar-refractivity contribution in [1.29, 1.82) is 0 Å². The van der Waals surface area contributed by atoms with Crippen molar-refractivity contribution in [3.63, 3.8) is 0 Å². The lowest BCUT2D eigenvalue weighted by Gasteiger charge is -2.33. The molecule has 2 aromatic rings. The van der Waals surface area contributed by atoms with Crippen molar-refractivity contribution in [3.05, 3.63) is 64.2 Å². The molecule has 2 amide bonds. The molecule has 0 heterocycles. The number of benzene rings is 2. The summed E-state index contributed by atoms with van der Waals surface area (Å²) in [5, 5.41) is 3.58. The van der Waals surface area contributed by atoms with Gasteiger partial charge >= 0.3 is 0 Å². The van der Waals surface area contributed by atoms with Gasteiger partial charge in [-0.2, -0.15) is 0 Å². The zero-order valence-corrected chi connectivity index (χ0v) is 23.0. The number of sulfonamides is 1. The number of nitrogens with zero attached hydrogens (tertiary/aromatic N) is 2. The predicted octanol–water partition coefficient (Wildman–Crippen LogP) is 4.59. The van der Waals surface area contributed by atoms with E-state index in [1.54, 1.807) is 24.3 Å². The van der Waals surface area contributed by atoms with Gasteiger partial charge in [0.25, 0.3) is 0 Å². The molecule has 1 fully saturated rings. The first kappa shape index (κ1) is 28.0. The number of hydrogen-bond acceptors (Lipinski definition) is 4. The Morgan fingerprint density at radius 3 is 2.25 bits per heavy atom. The minimum Gasteiger partial charge on any atom is -0.352 e. The van der Waals surface area contributed by atoms with Crippen LogP contribution in [0.1, 0.15) is 55.7 Å². The lowest BCUT2D eigenvalue weighted by atomic mass is 10.1. The highest BCUT2D eigenvalue weighted by Gasteiger charge is 2.33. The highest BCUT2D eigenvalue weighted by Crippen LogP contribution is 2.24. The van der Waals surface area contributed by atoms with Crippen molar-refractivity contribution >= 4 is 39.1 Å². The van der Waals surface area contributed by atoms with Crippen molar-refractivity contribution in [2.24, 2.45) is 0 Å². The fourth-order valence-electron chi connectivity index (χ4n) is 4.81. The molecule has 0 bridgehead atoms. The molecule has 0 radical (unpaired) electrons. The third kappa shape index (κ3) is 7.23. The number of amides is 2. The molecule has 1 aliphatic rings. The Morgan fingerprint density at radius 2 is 1.69 bits per heavy atom. The van der Waals surface area contributed by atoms with Crippen LogP contribution in [0.4, 0.5) is 5.69 Å². The summed E-state index contributed by atoms with van der Waals surface area (Å²) >= 11 is 6.40. The largest absolute Gasteiger partial charge is 0.352 e. The van der Waals surface area contributed by atoms with Gasteiger partial charge in [-0.25, -0.2) is 8.42 Å². The number of carbonyl (C=O) groups is 2. The molecule has 7 nitrogen and oxygen atoms in total. The van der Waals surface area contributed by atoms with E-state index in [2.05, 4.69) is 5.32 Å². The molecule has 1 saturated carbocycles. The van der Waals surface area contributed by atoms with Crippen LogP contribution in [0.5, 0.6) is 0 Å². The van der Waals surface area contributed by atoms with E-state index in [-0.39, 0.29) is 18.5 Å². The van der Waals surface area contributed by atoms with Gasteiger partial charge in [0.15, 0.2) is 0 Å².